The molecule has 0 radical (unpaired) electrons. The van der Waals surface area contributed by atoms with Crippen LogP contribution in [0.2, 0.25) is 0 Å². The molecule has 4 rings (SSSR count). The standard InChI is InChI=1S/C19H23N5O3/c1-13-4-2-6-16-18(13)23-17(27-16)7-8-20-19(25)22-14-10-21-24(11-14)12-15-5-3-9-26-15/h2,4,6,10-11,15H,3,5,7-9,12H2,1H3,(H2,20,22,25). The number of hydrogen-bond donors (Lipinski definition) is 2. The van der Waals surface area contributed by atoms with Gasteiger partial charge in [0.25, 0.3) is 0 Å². The number of aromatic nitrogens is 3. The Kier molecular flexibility index (Phi) is 5.06. The van der Waals surface area contributed by atoms with Gasteiger partial charge in [0, 0.05) is 25.8 Å². The first-order valence-corrected chi connectivity index (χ1v) is 9.21. The van der Waals surface area contributed by atoms with Crippen molar-refractivity contribution in [1.29, 1.82) is 0 Å². The first kappa shape index (κ1) is 17.5. The normalized spacial score (nSPS) is 16.7. The van der Waals surface area contributed by atoms with Crippen LogP contribution in [0.4, 0.5) is 10.5 Å². The molecule has 142 valence electrons. The minimum atomic E-state index is -0.279. The maximum absolute atomic E-state index is 12.0. The molecule has 3 heterocycles. The number of fused-ring (bicyclic) bond motifs is 1. The summed E-state index contributed by atoms with van der Waals surface area (Å²) in [5.41, 5.74) is 3.37. The number of urea groups is 1. The molecule has 3 aromatic rings. The minimum absolute atomic E-state index is 0.214. The Labute approximate surface area is 156 Å². The van der Waals surface area contributed by atoms with Crippen LogP contribution in [0.5, 0.6) is 0 Å². The number of oxazole rings is 1. The quantitative estimate of drug-likeness (QED) is 0.697. The van der Waals surface area contributed by atoms with Crippen molar-refractivity contribution in [1.82, 2.24) is 20.1 Å². The van der Waals surface area contributed by atoms with E-state index < -0.39 is 0 Å². The molecule has 8 nitrogen and oxygen atoms in total. The Morgan fingerprint density at radius 1 is 1.41 bits per heavy atom. The molecule has 27 heavy (non-hydrogen) atoms. The molecular weight excluding hydrogens is 346 g/mol. The monoisotopic (exact) mass is 369 g/mol. The number of para-hydroxylation sites is 1. The molecule has 1 atom stereocenters. The summed E-state index contributed by atoms with van der Waals surface area (Å²) in [7, 11) is 0. The molecule has 2 amide bonds. The third kappa shape index (κ3) is 4.28. The highest BCUT2D eigenvalue weighted by atomic mass is 16.5. The molecule has 0 saturated carbocycles. The van der Waals surface area contributed by atoms with Crippen molar-refractivity contribution >= 4 is 22.8 Å². The van der Waals surface area contributed by atoms with Crippen molar-refractivity contribution < 1.29 is 13.9 Å². The molecule has 1 saturated heterocycles. The van der Waals surface area contributed by atoms with Crippen LogP contribution in [0.15, 0.2) is 35.0 Å². The highest BCUT2D eigenvalue weighted by Crippen LogP contribution is 2.19. The zero-order valence-corrected chi connectivity index (χ0v) is 15.3. The highest BCUT2D eigenvalue weighted by Gasteiger charge is 2.16. The number of rotatable bonds is 6. The van der Waals surface area contributed by atoms with Crippen LogP contribution in [-0.4, -0.2) is 40.1 Å². The Morgan fingerprint density at radius 2 is 2.33 bits per heavy atom. The first-order valence-electron chi connectivity index (χ1n) is 9.21. The van der Waals surface area contributed by atoms with Gasteiger partial charge in [-0.05, 0) is 31.4 Å². The Hall–Kier alpha value is -2.87. The summed E-state index contributed by atoms with van der Waals surface area (Å²) in [6, 6.07) is 5.56. The van der Waals surface area contributed by atoms with Gasteiger partial charge in [-0.1, -0.05) is 12.1 Å². The third-order valence-corrected chi connectivity index (χ3v) is 4.60. The van der Waals surface area contributed by atoms with E-state index >= 15 is 0 Å². The molecule has 1 aromatic carbocycles. The molecular formula is C19H23N5O3. The molecule has 1 unspecified atom stereocenters. The van der Waals surface area contributed by atoms with Gasteiger partial charge < -0.3 is 19.8 Å². The van der Waals surface area contributed by atoms with Crippen molar-refractivity contribution in [2.45, 2.75) is 38.8 Å². The molecule has 1 aliphatic rings. The molecule has 2 N–H and O–H groups in total. The summed E-state index contributed by atoms with van der Waals surface area (Å²) in [5.74, 6) is 0.615. The zero-order chi connectivity index (χ0) is 18.6. The topological polar surface area (TPSA) is 94.2 Å². The second kappa shape index (κ2) is 7.79. The van der Waals surface area contributed by atoms with E-state index in [4.69, 9.17) is 9.15 Å². The van der Waals surface area contributed by atoms with Crippen molar-refractivity contribution in [3.8, 4) is 0 Å². The third-order valence-electron chi connectivity index (χ3n) is 4.60. The van der Waals surface area contributed by atoms with E-state index in [9.17, 15) is 4.79 Å². The van der Waals surface area contributed by atoms with Crippen LogP contribution in [-0.2, 0) is 17.7 Å². The van der Waals surface area contributed by atoms with Gasteiger partial charge in [0.1, 0.15) is 5.52 Å². The number of anilines is 1. The smallest absolute Gasteiger partial charge is 0.319 e. The van der Waals surface area contributed by atoms with Gasteiger partial charge in [0.05, 0.1) is 24.5 Å². The number of nitrogens with one attached hydrogen (secondary N) is 2. The second-order valence-corrected chi connectivity index (χ2v) is 6.75. The van der Waals surface area contributed by atoms with Crippen molar-refractivity contribution in [2.24, 2.45) is 0 Å². The zero-order valence-electron chi connectivity index (χ0n) is 15.3. The van der Waals surface area contributed by atoms with Crippen LogP contribution in [0, 0.1) is 6.92 Å². The lowest BCUT2D eigenvalue weighted by atomic mass is 10.2. The molecule has 2 aromatic heterocycles. The lowest BCUT2D eigenvalue weighted by molar-refractivity contribution is 0.0940. The van der Waals surface area contributed by atoms with Gasteiger partial charge in [-0.15, -0.1) is 0 Å². The Morgan fingerprint density at radius 3 is 3.15 bits per heavy atom. The molecule has 0 aliphatic carbocycles. The van der Waals surface area contributed by atoms with Gasteiger partial charge >= 0.3 is 6.03 Å². The molecule has 1 fully saturated rings. The van der Waals surface area contributed by atoms with Crippen molar-refractivity contribution in [3.05, 3.63) is 42.0 Å². The second-order valence-electron chi connectivity index (χ2n) is 6.75. The van der Waals surface area contributed by atoms with Crippen molar-refractivity contribution in [3.63, 3.8) is 0 Å². The van der Waals surface area contributed by atoms with Gasteiger partial charge in [-0.3, -0.25) is 4.68 Å². The summed E-state index contributed by atoms with van der Waals surface area (Å²) in [5, 5.41) is 9.86. The predicted molar refractivity (Wildman–Crippen MR) is 101 cm³/mol. The maximum Gasteiger partial charge on any atom is 0.319 e. The van der Waals surface area contributed by atoms with E-state index in [1.54, 1.807) is 10.9 Å². The van der Waals surface area contributed by atoms with E-state index in [1.807, 2.05) is 31.3 Å². The number of hydrogen-bond acceptors (Lipinski definition) is 5. The fourth-order valence-corrected chi connectivity index (χ4v) is 3.22. The average Bonchev–Trinajstić information content (AvgIpc) is 3.37. The van der Waals surface area contributed by atoms with Crippen molar-refractivity contribution in [2.75, 3.05) is 18.5 Å². The largest absolute Gasteiger partial charge is 0.441 e. The van der Waals surface area contributed by atoms with E-state index in [1.165, 1.54) is 0 Å². The average molecular weight is 369 g/mol. The van der Waals surface area contributed by atoms with E-state index in [-0.39, 0.29) is 12.1 Å². The van der Waals surface area contributed by atoms with E-state index in [0.29, 0.717) is 31.1 Å². The number of nitrogens with zero attached hydrogens (tertiary/aromatic N) is 3. The number of amides is 2. The fraction of sp³-hybridized carbons (Fsp3) is 0.421. The fourth-order valence-electron chi connectivity index (χ4n) is 3.22. The Balaban J connectivity index is 1.24. The van der Waals surface area contributed by atoms with Gasteiger partial charge in [0.2, 0.25) is 0 Å². The predicted octanol–water partition coefficient (Wildman–Crippen LogP) is 2.88. The summed E-state index contributed by atoms with van der Waals surface area (Å²) in [6.07, 6.45) is 6.34. The minimum Gasteiger partial charge on any atom is -0.441 e. The lowest BCUT2D eigenvalue weighted by Gasteiger charge is -2.08. The Bertz CT molecular complexity index is 926. The van der Waals surface area contributed by atoms with Crippen LogP contribution in [0.3, 0.4) is 0 Å². The molecule has 1 aliphatic heterocycles. The first-order chi connectivity index (χ1) is 13.2. The number of aryl methyl sites for hydroxylation is 1. The van der Waals surface area contributed by atoms with E-state index in [2.05, 4.69) is 20.7 Å². The number of ether oxygens (including phenoxy) is 1. The number of carbonyl (C=O) groups is 1. The highest BCUT2D eigenvalue weighted by molar-refractivity contribution is 5.88. The summed E-state index contributed by atoms with van der Waals surface area (Å²) in [4.78, 5) is 16.5. The SMILES string of the molecule is Cc1cccc2oc(CCNC(=O)Nc3cnn(CC4CCCO4)c3)nc12. The molecule has 0 bridgehead atoms. The number of carbonyl (C=O) groups excluding carboxylic acids is 1. The van der Waals surface area contributed by atoms with E-state index in [0.717, 1.165) is 36.1 Å². The number of benzene rings is 1. The summed E-state index contributed by atoms with van der Waals surface area (Å²) in [6.45, 7) is 3.96. The van der Waals surface area contributed by atoms with Crippen LogP contribution >= 0.6 is 0 Å². The lowest BCUT2D eigenvalue weighted by Crippen LogP contribution is -2.30. The summed E-state index contributed by atoms with van der Waals surface area (Å²) < 4.78 is 13.1. The van der Waals surface area contributed by atoms with Gasteiger partial charge in [0.15, 0.2) is 11.5 Å². The van der Waals surface area contributed by atoms with Gasteiger partial charge in [-0.2, -0.15) is 5.10 Å². The summed E-state index contributed by atoms with van der Waals surface area (Å²) >= 11 is 0. The molecule has 0 spiro atoms. The maximum atomic E-state index is 12.0. The van der Waals surface area contributed by atoms with Crippen LogP contribution < -0.4 is 10.6 Å². The van der Waals surface area contributed by atoms with Crippen LogP contribution in [0.1, 0.15) is 24.3 Å². The molecule has 8 heteroatoms. The van der Waals surface area contributed by atoms with Crippen LogP contribution in [0.25, 0.3) is 11.1 Å². The van der Waals surface area contributed by atoms with Gasteiger partial charge in [-0.25, -0.2) is 9.78 Å².